The molecule has 2 bridgehead atoms. The zero-order chi connectivity index (χ0) is 10.4. The molecule has 3 nitrogen and oxygen atoms in total. The van der Waals surface area contributed by atoms with E-state index in [4.69, 9.17) is 4.99 Å². The third kappa shape index (κ3) is 1.69. The smallest absolute Gasteiger partial charge is 0.239 e. The van der Waals surface area contributed by atoms with E-state index in [1.807, 2.05) is 6.92 Å². The zero-order valence-corrected chi connectivity index (χ0v) is 9.72. The van der Waals surface area contributed by atoms with Gasteiger partial charge in [0.1, 0.15) is 0 Å². The van der Waals surface area contributed by atoms with Crippen molar-refractivity contribution >= 4 is 22.8 Å². The number of nitrogens with one attached hydrogen (secondary N) is 1. The van der Waals surface area contributed by atoms with Gasteiger partial charge in [0.25, 0.3) is 0 Å². The van der Waals surface area contributed by atoms with Crippen LogP contribution in [-0.2, 0) is 4.79 Å². The maximum absolute atomic E-state index is 11.3. The van der Waals surface area contributed by atoms with E-state index in [2.05, 4.69) is 5.32 Å². The highest BCUT2D eigenvalue weighted by atomic mass is 32.2. The van der Waals surface area contributed by atoms with Crippen LogP contribution in [0.3, 0.4) is 0 Å². The minimum absolute atomic E-state index is 0.0438. The van der Waals surface area contributed by atoms with Gasteiger partial charge in [-0.3, -0.25) is 9.79 Å². The maximum Gasteiger partial charge on any atom is 0.239 e. The number of amides is 1. The van der Waals surface area contributed by atoms with E-state index >= 15 is 0 Å². The molecule has 3 fully saturated rings. The molecule has 1 amide bonds. The molecule has 1 saturated heterocycles. The Labute approximate surface area is 94.1 Å². The summed E-state index contributed by atoms with van der Waals surface area (Å²) in [5.74, 6) is 1.83. The number of thioether (sulfide) groups is 1. The molecule has 1 heterocycles. The molecule has 2 aliphatic carbocycles. The SMILES string of the molecule is CC1SC(=N[C@H]2C[C@@H]3CCC2C3)NC1=O. The minimum Gasteiger partial charge on any atom is -0.304 e. The lowest BCUT2D eigenvalue weighted by molar-refractivity contribution is -0.118. The van der Waals surface area contributed by atoms with Crippen molar-refractivity contribution in [1.29, 1.82) is 0 Å². The fourth-order valence-corrected chi connectivity index (χ4v) is 3.90. The van der Waals surface area contributed by atoms with Crippen molar-refractivity contribution < 1.29 is 4.79 Å². The first-order valence-corrected chi connectivity index (χ1v) is 6.65. The first kappa shape index (κ1) is 9.70. The van der Waals surface area contributed by atoms with Crippen LogP contribution in [0.4, 0.5) is 0 Å². The minimum atomic E-state index is 0.0438. The van der Waals surface area contributed by atoms with E-state index in [0.717, 1.165) is 17.0 Å². The maximum atomic E-state index is 11.3. The number of fused-ring (bicyclic) bond motifs is 2. The molecule has 2 saturated carbocycles. The first-order valence-electron chi connectivity index (χ1n) is 5.77. The molecule has 0 aromatic heterocycles. The van der Waals surface area contributed by atoms with E-state index in [0.29, 0.717) is 6.04 Å². The summed E-state index contributed by atoms with van der Waals surface area (Å²) in [4.78, 5) is 16.0. The molecule has 2 unspecified atom stereocenters. The highest BCUT2D eigenvalue weighted by Gasteiger charge is 2.40. The Balaban J connectivity index is 1.70. The highest BCUT2D eigenvalue weighted by Crippen LogP contribution is 2.46. The van der Waals surface area contributed by atoms with Crippen molar-refractivity contribution in [3.05, 3.63) is 0 Å². The molecule has 3 rings (SSSR count). The predicted octanol–water partition coefficient (Wildman–Crippen LogP) is 1.78. The van der Waals surface area contributed by atoms with Crippen LogP contribution in [0.5, 0.6) is 0 Å². The summed E-state index contributed by atoms with van der Waals surface area (Å²) < 4.78 is 0. The van der Waals surface area contributed by atoms with Gasteiger partial charge in [-0.15, -0.1) is 0 Å². The van der Waals surface area contributed by atoms with E-state index in [-0.39, 0.29) is 11.2 Å². The fraction of sp³-hybridized carbons (Fsp3) is 0.818. The van der Waals surface area contributed by atoms with Gasteiger partial charge in [0.2, 0.25) is 5.91 Å². The van der Waals surface area contributed by atoms with Crippen molar-refractivity contribution in [3.8, 4) is 0 Å². The zero-order valence-electron chi connectivity index (χ0n) is 8.90. The molecule has 4 heteroatoms. The fourth-order valence-electron chi connectivity index (χ4n) is 3.04. The summed E-state index contributed by atoms with van der Waals surface area (Å²) in [6, 6.07) is 0.497. The third-order valence-corrected chi connectivity index (χ3v) is 4.87. The normalized spacial score (nSPS) is 46.5. The molecule has 0 radical (unpaired) electrons. The highest BCUT2D eigenvalue weighted by molar-refractivity contribution is 8.15. The molecule has 0 aromatic carbocycles. The summed E-state index contributed by atoms with van der Waals surface area (Å²) in [6.07, 6.45) is 5.37. The van der Waals surface area contributed by atoms with Crippen molar-refractivity contribution in [2.45, 2.75) is 43.9 Å². The van der Waals surface area contributed by atoms with Crippen molar-refractivity contribution in [2.75, 3.05) is 0 Å². The Kier molecular flexibility index (Phi) is 2.27. The van der Waals surface area contributed by atoms with E-state index in [1.54, 1.807) is 11.8 Å². The van der Waals surface area contributed by atoms with Crippen LogP contribution in [-0.4, -0.2) is 22.4 Å². The van der Waals surface area contributed by atoms with Crippen molar-refractivity contribution in [2.24, 2.45) is 16.8 Å². The lowest BCUT2D eigenvalue weighted by Gasteiger charge is -2.17. The Morgan fingerprint density at radius 3 is 2.80 bits per heavy atom. The number of aliphatic imine (C=N–C) groups is 1. The average Bonchev–Trinajstić information content (AvgIpc) is 2.84. The van der Waals surface area contributed by atoms with Gasteiger partial charge in [-0.25, -0.2) is 0 Å². The Morgan fingerprint density at radius 2 is 2.27 bits per heavy atom. The van der Waals surface area contributed by atoms with E-state index in [1.165, 1.54) is 25.7 Å². The third-order valence-electron chi connectivity index (χ3n) is 3.87. The molecule has 0 aromatic rings. The van der Waals surface area contributed by atoms with Crippen LogP contribution in [0.25, 0.3) is 0 Å². The largest absolute Gasteiger partial charge is 0.304 e. The molecule has 3 aliphatic rings. The number of nitrogens with zero attached hydrogens (tertiary/aromatic N) is 1. The second-order valence-corrected chi connectivity index (χ2v) is 6.26. The lowest BCUT2D eigenvalue weighted by Crippen LogP contribution is -2.25. The lowest BCUT2D eigenvalue weighted by atomic mass is 9.96. The second-order valence-electron chi connectivity index (χ2n) is 4.93. The van der Waals surface area contributed by atoms with Gasteiger partial charge in [-0.05, 0) is 38.0 Å². The van der Waals surface area contributed by atoms with Gasteiger partial charge >= 0.3 is 0 Å². The quantitative estimate of drug-likeness (QED) is 0.737. The van der Waals surface area contributed by atoms with Crippen molar-refractivity contribution in [3.63, 3.8) is 0 Å². The number of carbonyl (C=O) groups is 1. The second kappa shape index (κ2) is 3.51. The van der Waals surface area contributed by atoms with Crippen LogP contribution >= 0.6 is 11.8 Å². The van der Waals surface area contributed by atoms with Gasteiger partial charge in [0.05, 0.1) is 11.3 Å². The summed E-state index contributed by atoms with van der Waals surface area (Å²) in [6.45, 7) is 1.93. The molecular formula is C11H16N2OS. The van der Waals surface area contributed by atoms with Gasteiger partial charge < -0.3 is 5.32 Å². The van der Waals surface area contributed by atoms with Gasteiger partial charge in [-0.2, -0.15) is 0 Å². The molecule has 1 aliphatic heterocycles. The number of rotatable bonds is 1. The molecule has 82 valence electrons. The summed E-state index contributed by atoms with van der Waals surface area (Å²) in [7, 11) is 0. The Hall–Kier alpha value is -0.510. The van der Waals surface area contributed by atoms with Crippen LogP contribution in [0.1, 0.15) is 32.6 Å². The average molecular weight is 224 g/mol. The summed E-state index contributed by atoms with van der Waals surface area (Å²) in [5.41, 5.74) is 0. The number of hydrogen-bond acceptors (Lipinski definition) is 3. The van der Waals surface area contributed by atoms with Crippen molar-refractivity contribution in [1.82, 2.24) is 5.32 Å². The monoisotopic (exact) mass is 224 g/mol. The molecule has 0 spiro atoms. The van der Waals surface area contributed by atoms with E-state index < -0.39 is 0 Å². The van der Waals surface area contributed by atoms with Gasteiger partial charge in [-0.1, -0.05) is 18.2 Å². The first-order chi connectivity index (χ1) is 7.22. The van der Waals surface area contributed by atoms with Crippen LogP contribution in [0, 0.1) is 11.8 Å². The topological polar surface area (TPSA) is 41.5 Å². The summed E-state index contributed by atoms with van der Waals surface area (Å²) in [5, 5.41) is 3.77. The Morgan fingerprint density at radius 1 is 1.40 bits per heavy atom. The van der Waals surface area contributed by atoms with E-state index in [9.17, 15) is 4.79 Å². The van der Waals surface area contributed by atoms with Crippen LogP contribution in [0.15, 0.2) is 4.99 Å². The number of hydrogen-bond donors (Lipinski definition) is 1. The standard InChI is InChI=1S/C11H16N2OS/c1-6-10(14)13-11(15-6)12-9-5-7-2-3-8(9)4-7/h6-9H,2-5H2,1H3,(H,12,13,14)/t6?,7-,8?,9+/m1/s1. The molecular weight excluding hydrogens is 208 g/mol. The molecule has 1 N–H and O–H groups in total. The number of carbonyl (C=O) groups excluding carboxylic acids is 1. The molecule has 4 atom stereocenters. The Bertz CT molecular complexity index is 329. The van der Waals surface area contributed by atoms with Crippen LogP contribution in [0.2, 0.25) is 0 Å². The predicted molar refractivity (Wildman–Crippen MR) is 61.9 cm³/mol. The van der Waals surface area contributed by atoms with Crippen LogP contribution < -0.4 is 5.32 Å². The van der Waals surface area contributed by atoms with Gasteiger partial charge in [0.15, 0.2) is 5.17 Å². The molecule has 15 heavy (non-hydrogen) atoms. The van der Waals surface area contributed by atoms with Gasteiger partial charge in [0, 0.05) is 0 Å². The summed E-state index contributed by atoms with van der Waals surface area (Å²) >= 11 is 1.58. The number of amidine groups is 1.